The molecule has 6 nitrogen and oxygen atoms in total. The van der Waals surface area contributed by atoms with Crippen LogP contribution in [0.4, 0.5) is 0 Å². The summed E-state index contributed by atoms with van der Waals surface area (Å²) in [4.78, 5) is 0. The molecule has 2 rings (SSSR count). The maximum Gasteiger partial charge on any atom is 0.413 e. The van der Waals surface area contributed by atoms with Crippen molar-refractivity contribution in [2.24, 2.45) is 11.5 Å². The van der Waals surface area contributed by atoms with Gasteiger partial charge in [-0.15, -0.1) is 0 Å². The maximum atomic E-state index is 5.54. The van der Waals surface area contributed by atoms with Gasteiger partial charge in [0.25, 0.3) is 0 Å². The lowest BCUT2D eigenvalue weighted by molar-refractivity contribution is -0.510. The van der Waals surface area contributed by atoms with Crippen molar-refractivity contribution in [3.8, 4) is 0 Å². The number of nitrogens with two attached hydrogens (primary N) is 2. The zero-order chi connectivity index (χ0) is 13.6. The van der Waals surface area contributed by atoms with Gasteiger partial charge in [-0.2, -0.15) is 0 Å². The normalized spacial score (nSPS) is 27.7. The Hall–Kier alpha value is -0.760. The van der Waals surface area contributed by atoms with Crippen molar-refractivity contribution in [3.63, 3.8) is 0 Å². The van der Waals surface area contributed by atoms with Gasteiger partial charge in [0.2, 0.25) is 0 Å². The Labute approximate surface area is 113 Å². The first-order chi connectivity index (χ1) is 9.28. The summed E-state index contributed by atoms with van der Waals surface area (Å²) >= 11 is 0. The molecule has 0 aromatic carbocycles. The van der Waals surface area contributed by atoms with Crippen LogP contribution in [-0.4, -0.2) is 45.7 Å². The Bertz CT molecular complexity index is 297. The van der Waals surface area contributed by atoms with Crippen LogP contribution >= 0.6 is 0 Å². The molecule has 2 aliphatic rings. The van der Waals surface area contributed by atoms with Gasteiger partial charge in [-0.3, -0.25) is 18.9 Å². The molecular formula is C13H22N2O4. The molecule has 4 N–H and O–H groups in total. The van der Waals surface area contributed by atoms with Crippen molar-refractivity contribution >= 4 is 0 Å². The van der Waals surface area contributed by atoms with Crippen molar-refractivity contribution in [2.75, 3.05) is 39.5 Å². The first kappa shape index (κ1) is 14.6. The summed E-state index contributed by atoms with van der Waals surface area (Å²) < 4.78 is 22.2. The van der Waals surface area contributed by atoms with E-state index in [1.807, 2.05) is 12.2 Å². The molecule has 108 valence electrons. The quantitative estimate of drug-likeness (QED) is 0.711. The molecule has 0 saturated carbocycles. The Morgan fingerprint density at radius 1 is 0.789 bits per heavy atom. The van der Waals surface area contributed by atoms with E-state index in [0.29, 0.717) is 39.5 Å². The van der Waals surface area contributed by atoms with Crippen molar-refractivity contribution in [1.29, 1.82) is 0 Å². The Morgan fingerprint density at radius 2 is 1.16 bits per heavy atom. The molecule has 2 saturated heterocycles. The van der Waals surface area contributed by atoms with Gasteiger partial charge < -0.3 is 11.5 Å². The average molecular weight is 270 g/mol. The Morgan fingerprint density at radius 3 is 1.47 bits per heavy atom. The Balaban J connectivity index is 1.81. The van der Waals surface area contributed by atoms with Gasteiger partial charge in [-0.05, 0) is 37.1 Å². The van der Waals surface area contributed by atoms with E-state index >= 15 is 0 Å². The van der Waals surface area contributed by atoms with Crippen molar-refractivity contribution in [1.82, 2.24) is 0 Å². The minimum atomic E-state index is -1.33. The van der Waals surface area contributed by atoms with Gasteiger partial charge in [-0.25, -0.2) is 0 Å². The minimum Gasteiger partial charge on any atom is -0.330 e. The maximum absolute atomic E-state index is 5.54. The van der Waals surface area contributed by atoms with Gasteiger partial charge >= 0.3 is 6.16 Å². The van der Waals surface area contributed by atoms with Crippen molar-refractivity contribution in [3.05, 3.63) is 23.3 Å². The van der Waals surface area contributed by atoms with Crippen molar-refractivity contribution < 1.29 is 18.9 Å². The first-order valence-corrected chi connectivity index (χ1v) is 6.60. The molecule has 0 atom stereocenters. The lowest BCUT2D eigenvalue weighted by Crippen LogP contribution is -2.49. The minimum absolute atomic E-state index is 0.446. The molecule has 0 radical (unpaired) electrons. The lowest BCUT2D eigenvalue weighted by Gasteiger charge is -2.39. The van der Waals surface area contributed by atoms with Crippen LogP contribution in [0.2, 0.25) is 0 Å². The summed E-state index contributed by atoms with van der Waals surface area (Å²) in [5.41, 5.74) is 13.0. The van der Waals surface area contributed by atoms with Gasteiger partial charge in [0.15, 0.2) is 0 Å². The molecule has 0 aliphatic carbocycles. The van der Waals surface area contributed by atoms with Crippen LogP contribution in [0.25, 0.3) is 0 Å². The fourth-order valence-corrected chi connectivity index (χ4v) is 1.87. The van der Waals surface area contributed by atoms with Gasteiger partial charge in [0.1, 0.15) is 0 Å². The molecular weight excluding hydrogens is 248 g/mol. The van der Waals surface area contributed by atoms with E-state index in [1.54, 1.807) is 0 Å². The van der Waals surface area contributed by atoms with Crippen LogP contribution in [0.15, 0.2) is 23.3 Å². The molecule has 0 aromatic rings. The van der Waals surface area contributed by atoms with Crippen LogP contribution in [0.1, 0.15) is 12.8 Å². The zero-order valence-corrected chi connectivity index (χ0v) is 11.1. The highest BCUT2D eigenvalue weighted by atomic mass is 17.0. The van der Waals surface area contributed by atoms with E-state index in [9.17, 15) is 0 Å². The second-order valence-corrected chi connectivity index (χ2v) is 4.53. The van der Waals surface area contributed by atoms with Crippen LogP contribution < -0.4 is 11.5 Å². The van der Waals surface area contributed by atoms with Crippen LogP contribution in [-0.2, 0) is 18.9 Å². The van der Waals surface area contributed by atoms with E-state index in [1.165, 1.54) is 0 Å². The number of hydrogen-bond acceptors (Lipinski definition) is 6. The Kier molecular flexibility index (Phi) is 5.50. The molecule has 0 aromatic heterocycles. The molecule has 6 heteroatoms. The predicted octanol–water partition coefficient (Wildman–Crippen LogP) is 0.242. The van der Waals surface area contributed by atoms with Crippen molar-refractivity contribution in [2.45, 2.75) is 19.0 Å². The third kappa shape index (κ3) is 4.10. The largest absolute Gasteiger partial charge is 0.413 e. The average Bonchev–Trinajstić information content (AvgIpc) is 2.46. The number of hydrogen-bond donors (Lipinski definition) is 2. The summed E-state index contributed by atoms with van der Waals surface area (Å²) in [5.74, 6) is 0. The molecule has 19 heavy (non-hydrogen) atoms. The van der Waals surface area contributed by atoms with Crippen LogP contribution in [0.3, 0.4) is 0 Å². The molecule has 2 aliphatic heterocycles. The van der Waals surface area contributed by atoms with E-state index in [0.717, 1.165) is 24.0 Å². The summed E-state index contributed by atoms with van der Waals surface area (Å²) in [7, 11) is 0. The number of ether oxygens (including phenoxy) is 4. The van der Waals surface area contributed by atoms with Gasteiger partial charge in [0.05, 0.1) is 26.4 Å². The fourth-order valence-electron chi connectivity index (χ4n) is 1.87. The third-order valence-electron chi connectivity index (χ3n) is 2.94. The van der Waals surface area contributed by atoms with E-state index < -0.39 is 6.16 Å². The zero-order valence-electron chi connectivity index (χ0n) is 11.1. The molecule has 0 bridgehead atoms. The summed E-state index contributed by atoms with van der Waals surface area (Å²) in [6, 6.07) is 0. The van der Waals surface area contributed by atoms with Gasteiger partial charge in [-0.1, -0.05) is 12.2 Å². The lowest BCUT2D eigenvalue weighted by atomic mass is 10.2. The molecule has 2 heterocycles. The van der Waals surface area contributed by atoms with E-state index in [-0.39, 0.29) is 0 Å². The third-order valence-corrected chi connectivity index (χ3v) is 2.94. The summed E-state index contributed by atoms with van der Waals surface area (Å²) in [6.07, 6.45) is 4.37. The molecule has 0 amide bonds. The predicted molar refractivity (Wildman–Crippen MR) is 70.0 cm³/mol. The second kappa shape index (κ2) is 7.14. The summed E-state index contributed by atoms with van der Waals surface area (Å²) in [5, 5.41) is 0. The monoisotopic (exact) mass is 270 g/mol. The highest BCUT2D eigenvalue weighted by Crippen LogP contribution is 2.29. The first-order valence-electron chi connectivity index (χ1n) is 6.60. The topological polar surface area (TPSA) is 89.0 Å². The highest BCUT2D eigenvalue weighted by Gasteiger charge is 2.42. The second-order valence-electron chi connectivity index (χ2n) is 4.53. The molecule has 2 fully saturated rings. The molecule has 1 spiro atoms. The fraction of sp³-hybridized carbons (Fsp3) is 0.692. The number of rotatable bonds is 4. The molecule has 0 unspecified atom stereocenters. The summed E-state index contributed by atoms with van der Waals surface area (Å²) in [6.45, 7) is 3.03. The standard InChI is InChI=1S/C13H22N2O4/c14-5-1-3-11-7-16-13(17-8-11)18-9-12(10-19-13)4-2-6-15/h3-4H,1-2,5-10,14-15H2. The van der Waals surface area contributed by atoms with E-state index in [2.05, 4.69) is 0 Å². The SMILES string of the molecule is NCCC=C1COC2(OC1)OCC(=CCCN)CO2. The smallest absolute Gasteiger partial charge is 0.330 e. The van der Waals surface area contributed by atoms with Crippen LogP contribution in [0.5, 0.6) is 0 Å². The van der Waals surface area contributed by atoms with Crippen LogP contribution in [0, 0.1) is 0 Å². The highest BCUT2D eigenvalue weighted by molar-refractivity contribution is 5.07. The van der Waals surface area contributed by atoms with E-state index in [4.69, 9.17) is 30.4 Å². The van der Waals surface area contributed by atoms with Gasteiger partial charge in [0, 0.05) is 0 Å².